The van der Waals surface area contributed by atoms with E-state index < -0.39 is 0 Å². The number of hydrogen-bond acceptors (Lipinski definition) is 4. The highest BCUT2D eigenvalue weighted by Crippen LogP contribution is 2.38. The largest absolute Gasteiger partial charge is 0.489 e. The van der Waals surface area contributed by atoms with Gasteiger partial charge in [0.2, 0.25) is 0 Å². The first-order valence-corrected chi connectivity index (χ1v) is 11.1. The van der Waals surface area contributed by atoms with Crippen LogP contribution in [-0.4, -0.2) is 0 Å². The molecule has 0 N–H and O–H groups in total. The molecule has 3 aromatic carbocycles. The standard InChI is InChI=1S/C28H26O4/c1-18-6-3-8-20(12-18)16-30-22-14-25(31-17-21-9-4-7-19(2)13-21)27-23-10-5-11-24(23)28(29)32-26(27)15-22/h3-4,6-9,12-15H,5,10-11,16-17H2,1-2H3. The van der Waals surface area contributed by atoms with Crippen LogP contribution in [-0.2, 0) is 26.1 Å². The number of hydrogen-bond donors (Lipinski definition) is 0. The topological polar surface area (TPSA) is 48.7 Å². The van der Waals surface area contributed by atoms with Crippen molar-refractivity contribution in [2.45, 2.75) is 46.3 Å². The molecule has 0 saturated carbocycles. The second-order valence-electron chi connectivity index (χ2n) is 8.55. The Labute approximate surface area is 187 Å². The van der Waals surface area contributed by atoms with E-state index >= 15 is 0 Å². The molecule has 4 heteroatoms. The summed E-state index contributed by atoms with van der Waals surface area (Å²) in [5, 5.41) is 0.896. The van der Waals surface area contributed by atoms with Gasteiger partial charge in [0.05, 0.1) is 5.39 Å². The van der Waals surface area contributed by atoms with Crippen LogP contribution in [0.4, 0.5) is 0 Å². The summed E-state index contributed by atoms with van der Waals surface area (Å²) in [5.41, 5.74) is 6.68. The third-order valence-corrected chi connectivity index (χ3v) is 5.97. The molecule has 0 aliphatic heterocycles. The summed E-state index contributed by atoms with van der Waals surface area (Å²) in [6, 6.07) is 20.2. The van der Waals surface area contributed by atoms with E-state index in [4.69, 9.17) is 13.9 Å². The van der Waals surface area contributed by atoms with Gasteiger partial charge in [-0.3, -0.25) is 0 Å². The lowest BCUT2D eigenvalue weighted by atomic mass is 10.1. The van der Waals surface area contributed by atoms with E-state index in [1.807, 2.05) is 30.3 Å². The summed E-state index contributed by atoms with van der Waals surface area (Å²) in [5.74, 6) is 1.32. The quantitative estimate of drug-likeness (QED) is 0.352. The maximum atomic E-state index is 12.5. The second-order valence-corrected chi connectivity index (χ2v) is 8.55. The molecule has 0 atom stereocenters. The number of fused-ring (bicyclic) bond motifs is 3. The zero-order chi connectivity index (χ0) is 22.1. The van der Waals surface area contributed by atoms with Crippen molar-refractivity contribution in [3.63, 3.8) is 0 Å². The van der Waals surface area contributed by atoms with Crippen LogP contribution in [0.1, 0.15) is 39.8 Å². The second kappa shape index (κ2) is 8.54. The van der Waals surface area contributed by atoms with Gasteiger partial charge in [-0.05, 0) is 49.8 Å². The molecular weight excluding hydrogens is 400 g/mol. The third-order valence-electron chi connectivity index (χ3n) is 5.97. The van der Waals surface area contributed by atoms with Crippen molar-refractivity contribution in [1.29, 1.82) is 0 Å². The Kier molecular flexibility index (Phi) is 5.44. The first kappa shape index (κ1) is 20.4. The summed E-state index contributed by atoms with van der Waals surface area (Å²) >= 11 is 0. The Balaban J connectivity index is 1.52. The SMILES string of the molecule is Cc1cccc(COc2cc(OCc3cccc(C)c3)c3c4c(c(=O)oc3c2)CCC4)c1. The minimum Gasteiger partial charge on any atom is -0.489 e. The van der Waals surface area contributed by atoms with Gasteiger partial charge >= 0.3 is 5.63 Å². The Bertz CT molecular complexity index is 1350. The number of benzene rings is 3. The molecular formula is C28H26O4. The molecule has 1 heterocycles. The van der Waals surface area contributed by atoms with Crippen molar-refractivity contribution in [2.24, 2.45) is 0 Å². The first-order chi connectivity index (χ1) is 15.6. The van der Waals surface area contributed by atoms with Gasteiger partial charge in [0.15, 0.2) is 0 Å². The van der Waals surface area contributed by atoms with E-state index in [0.717, 1.165) is 46.9 Å². The molecule has 0 saturated heterocycles. The van der Waals surface area contributed by atoms with Crippen LogP contribution in [0.15, 0.2) is 69.9 Å². The third kappa shape index (κ3) is 4.13. The molecule has 0 unspecified atom stereocenters. The monoisotopic (exact) mass is 426 g/mol. The van der Waals surface area contributed by atoms with Crippen LogP contribution in [0.5, 0.6) is 11.5 Å². The van der Waals surface area contributed by atoms with Crippen molar-refractivity contribution in [3.05, 3.63) is 104 Å². The van der Waals surface area contributed by atoms with Crippen LogP contribution in [0.25, 0.3) is 11.0 Å². The lowest BCUT2D eigenvalue weighted by Gasteiger charge is -2.15. The van der Waals surface area contributed by atoms with Crippen molar-refractivity contribution < 1.29 is 13.9 Å². The zero-order valence-electron chi connectivity index (χ0n) is 18.4. The molecule has 32 heavy (non-hydrogen) atoms. The van der Waals surface area contributed by atoms with Gasteiger partial charge in [-0.1, -0.05) is 59.7 Å². The maximum Gasteiger partial charge on any atom is 0.339 e. The molecule has 0 fully saturated rings. The van der Waals surface area contributed by atoms with E-state index in [1.54, 1.807) is 0 Å². The number of rotatable bonds is 6. The van der Waals surface area contributed by atoms with Gasteiger partial charge in [-0.2, -0.15) is 0 Å². The highest BCUT2D eigenvalue weighted by Gasteiger charge is 2.23. The molecule has 0 amide bonds. The van der Waals surface area contributed by atoms with E-state index in [9.17, 15) is 4.79 Å². The molecule has 0 radical (unpaired) electrons. The van der Waals surface area contributed by atoms with Gasteiger partial charge in [0.1, 0.15) is 30.3 Å². The van der Waals surface area contributed by atoms with E-state index in [1.165, 1.54) is 11.1 Å². The molecule has 162 valence electrons. The van der Waals surface area contributed by atoms with Crippen LogP contribution in [0.3, 0.4) is 0 Å². The van der Waals surface area contributed by atoms with Crippen molar-refractivity contribution in [1.82, 2.24) is 0 Å². The fourth-order valence-corrected chi connectivity index (χ4v) is 4.48. The minimum absolute atomic E-state index is 0.245. The highest BCUT2D eigenvalue weighted by molar-refractivity contribution is 5.89. The van der Waals surface area contributed by atoms with Crippen molar-refractivity contribution >= 4 is 11.0 Å². The van der Waals surface area contributed by atoms with Crippen LogP contribution in [0, 0.1) is 13.8 Å². The summed E-state index contributed by atoms with van der Waals surface area (Å²) in [4.78, 5) is 12.5. The van der Waals surface area contributed by atoms with E-state index in [2.05, 4.69) is 44.2 Å². The lowest BCUT2D eigenvalue weighted by molar-refractivity contribution is 0.291. The van der Waals surface area contributed by atoms with Gasteiger partial charge in [-0.25, -0.2) is 4.79 Å². The predicted molar refractivity (Wildman–Crippen MR) is 126 cm³/mol. The molecule has 4 aromatic rings. The van der Waals surface area contributed by atoms with Gasteiger partial charge < -0.3 is 13.9 Å². The number of ether oxygens (including phenoxy) is 2. The van der Waals surface area contributed by atoms with Crippen molar-refractivity contribution in [2.75, 3.05) is 0 Å². The Morgan fingerprint density at radius 1 is 0.812 bits per heavy atom. The summed E-state index contributed by atoms with van der Waals surface area (Å²) in [6.07, 6.45) is 2.58. The molecule has 0 bridgehead atoms. The average Bonchev–Trinajstić information content (AvgIpc) is 3.27. The van der Waals surface area contributed by atoms with E-state index in [-0.39, 0.29) is 5.63 Å². The molecule has 5 rings (SSSR count). The Hall–Kier alpha value is -3.53. The molecule has 1 aromatic heterocycles. The molecule has 1 aliphatic carbocycles. The normalized spacial score (nSPS) is 12.7. The predicted octanol–water partition coefficient (Wildman–Crippen LogP) is 6.06. The summed E-state index contributed by atoms with van der Waals surface area (Å²) in [6.45, 7) is 5.00. The summed E-state index contributed by atoms with van der Waals surface area (Å²) in [7, 11) is 0. The van der Waals surface area contributed by atoms with Crippen LogP contribution >= 0.6 is 0 Å². The Morgan fingerprint density at radius 2 is 1.47 bits per heavy atom. The van der Waals surface area contributed by atoms with Gasteiger partial charge in [-0.15, -0.1) is 0 Å². The molecule has 1 aliphatic rings. The molecule has 0 spiro atoms. The van der Waals surface area contributed by atoms with Crippen molar-refractivity contribution in [3.8, 4) is 11.5 Å². The maximum absolute atomic E-state index is 12.5. The fraction of sp³-hybridized carbons (Fsp3) is 0.250. The minimum atomic E-state index is -0.245. The van der Waals surface area contributed by atoms with Gasteiger partial charge in [0, 0.05) is 17.7 Å². The summed E-state index contributed by atoms with van der Waals surface area (Å²) < 4.78 is 18.1. The zero-order valence-corrected chi connectivity index (χ0v) is 18.4. The lowest BCUT2D eigenvalue weighted by Crippen LogP contribution is -2.08. The highest BCUT2D eigenvalue weighted by atomic mass is 16.5. The Morgan fingerprint density at radius 3 is 2.16 bits per heavy atom. The molecule has 4 nitrogen and oxygen atoms in total. The average molecular weight is 427 g/mol. The smallest absolute Gasteiger partial charge is 0.339 e. The van der Waals surface area contributed by atoms with Crippen LogP contribution in [0.2, 0.25) is 0 Å². The van der Waals surface area contributed by atoms with E-state index in [0.29, 0.717) is 30.3 Å². The first-order valence-electron chi connectivity index (χ1n) is 11.1. The number of aryl methyl sites for hydroxylation is 3. The van der Waals surface area contributed by atoms with Crippen LogP contribution < -0.4 is 15.1 Å². The fourth-order valence-electron chi connectivity index (χ4n) is 4.48. The van der Waals surface area contributed by atoms with Gasteiger partial charge in [0.25, 0.3) is 0 Å².